The molecule has 6 nitrogen and oxygen atoms in total. The number of anilines is 1. The Labute approximate surface area is 138 Å². The Kier molecular flexibility index (Phi) is 4.29. The average molecular weight is 323 g/mol. The van der Waals surface area contributed by atoms with Gasteiger partial charge in [0.05, 0.1) is 24.3 Å². The van der Waals surface area contributed by atoms with E-state index in [0.717, 1.165) is 0 Å². The van der Waals surface area contributed by atoms with Crippen LogP contribution in [0.25, 0.3) is 10.9 Å². The third kappa shape index (κ3) is 2.99. The van der Waals surface area contributed by atoms with Crippen molar-refractivity contribution in [1.29, 1.82) is 0 Å². The van der Waals surface area contributed by atoms with Gasteiger partial charge in [0.15, 0.2) is 0 Å². The topological polar surface area (TPSA) is 73.2 Å². The predicted molar refractivity (Wildman–Crippen MR) is 92.3 cm³/mol. The van der Waals surface area contributed by atoms with E-state index in [1.807, 2.05) is 6.07 Å². The molecule has 1 atom stereocenters. The summed E-state index contributed by atoms with van der Waals surface area (Å²) < 4.78 is 6.46. The third-order valence-electron chi connectivity index (χ3n) is 3.82. The molecule has 122 valence electrons. The second-order valence-corrected chi connectivity index (χ2v) is 5.37. The molecule has 0 unspecified atom stereocenters. The quantitative estimate of drug-likeness (QED) is 0.801. The molecule has 0 aliphatic heterocycles. The van der Waals surface area contributed by atoms with Crippen LogP contribution in [-0.4, -0.2) is 22.6 Å². The van der Waals surface area contributed by atoms with Gasteiger partial charge in [0.1, 0.15) is 11.8 Å². The van der Waals surface area contributed by atoms with E-state index >= 15 is 0 Å². The van der Waals surface area contributed by atoms with E-state index in [-0.39, 0.29) is 11.5 Å². The van der Waals surface area contributed by atoms with E-state index in [9.17, 15) is 9.59 Å². The highest BCUT2D eigenvalue weighted by molar-refractivity contribution is 5.93. The molecule has 0 saturated heterocycles. The largest absolute Gasteiger partial charge is 0.497 e. The summed E-state index contributed by atoms with van der Waals surface area (Å²) in [6, 6.07) is 13.4. The van der Waals surface area contributed by atoms with Gasteiger partial charge in [-0.2, -0.15) is 0 Å². The summed E-state index contributed by atoms with van der Waals surface area (Å²) in [5.41, 5.74) is 0.973. The average Bonchev–Trinajstić information content (AvgIpc) is 2.62. The van der Waals surface area contributed by atoms with Crippen molar-refractivity contribution in [3.63, 3.8) is 0 Å². The number of nitrogens with zero attached hydrogens (tertiary/aromatic N) is 2. The van der Waals surface area contributed by atoms with Crippen LogP contribution in [-0.2, 0) is 4.79 Å². The number of fused-ring (bicyclic) bond motifs is 1. The van der Waals surface area contributed by atoms with Gasteiger partial charge in [0.2, 0.25) is 5.91 Å². The number of aromatic nitrogens is 2. The maximum Gasteiger partial charge on any atom is 0.261 e. The molecule has 2 aromatic carbocycles. The van der Waals surface area contributed by atoms with Gasteiger partial charge in [-0.1, -0.05) is 18.2 Å². The first-order chi connectivity index (χ1) is 11.6. The fourth-order valence-electron chi connectivity index (χ4n) is 2.43. The SMILES string of the molecule is COc1cccc(NC(=O)[C@H](C)n2cnc3ccccc3c2=O)c1. The van der Waals surface area contributed by atoms with Gasteiger partial charge in [0, 0.05) is 11.8 Å². The highest BCUT2D eigenvalue weighted by atomic mass is 16.5. The van der Waals surface area contributed by atoms with Crippen molar-refractivity contribution in [3.05, 3.63) is 65.2 Å². The Bertz CT molecular complexity index is 949. The zero-order chi connectivity index (χ0) is 17.1. The standard InChI is InChI=1S/C18H17N3O3/c1-12(17(22)20-13-6-5-7-14(10-13)24-2)21-11-19-16-9-4-3-8-15(16)18(21)23/h3-12H,1-2H3,(H,20,22)/t12-/m0/s1. The maximum absolute atomic E-state index is 12.6. The number of amides is 1. The van der Waals surface area contributed by atoms with E-state index in [1.165, 1.54) is 10.9 Å². The Morgan fingerprint density at radius 2 is 2.00 bits per heavy atom. The molecule has 0 saturated carbocycles. The van der Waals surface area contributed by atoms with Crippen molar-refractivity contribution in [1.82, 2.24) is 9.55 Å². The number of hydrogen-bond acceptors (Lipinski definition) is 4. The van der Waals surface area contributed by atoms with E-state index in [4.69, 9.17) is 4.74 Å². The lowest BCUT2D eigenvalue weighted by Crippen LogP contribution is -2.31. The molecule has 1 aromatic heterocycles. The smallest absolute Gasteiger partial charge is 0.261 e. The summed E-state index contributed by atoms with van der Waals surface area (Å²) in [6.45, 7) is 1.66. The van der Waals surface area contributed by atoms with Crippen molar-refractivity contribution in [2.24, 2.45) is 0 Å². The van der Waals surface area contributed by atoms with Crippen molar-refractivity contribution in [3.8, 4) is 5.75 Å². The molecule has 0 radical (unpaired) electrons. The van der Waals surface area contributed by atoms with E-state index in [1.54, 1.807) is 56.5 Å². The van der Waals surface area contributed by atoms with Gasteiger partial charge in [0.25, 0.3) is 5.56 Å². The monoisotopic (exact) mass is 323 g/mol. The van der Waals surface area contributed by atoms with Crippen LogP contribution < -0.4 is 15.6 Å². The van der Waals surface area contributed by atoms with Gasteiger partial charge in [-0.25, -0.2) is 4.98 Å². The first-order valence-corrected chi connectivity index (χ1v) is 7.51. The van der Waals surface area contributed by atoms with Crippen LogP contribution in [0.3, 0.4) is 0 Å². The maximum atomic E-state index is 12.6. The number of benzene rings is 2. The molecule has 3 rings (SSSR count). The Morgan fingerprint density at radius 1 is 1.21 bits per heavy atom. The highest BCUT2D eigenvalue weighted by Crippen LogP contribution is 2.18. The summed E-state index contributed by atoms with van der Waals surface area (Å²) in [5.74, 6) is 0.340. The number of rotatable bonds is 4. The van der Waals surface area contributed by atoms with Crippen LogP contribution in [0.1, 0.15) is 13.0 Å². The van der Waals surface area contributed by atoms with Gasteiger partial charge in [-0.3, -0.25) is 14.2 Å². The fourth-order valence-corrected chi connectivity index (χ4v) is 2.43. The van der Waals surface area contributed by atoms with Gasteiger partial charge in [-0.05, 0) is 31.2 Å². The summed E-state index contributed by atoms with van der Waals surface area (Å²) >= 11 is 0. The zero-order valence-electron chi connectivity index (χ0n) is 13.4. The predicted octanol–water partition coefficient (Wildman–Crippen LogP) is 2.60. The third-order valence-corrected chi connectivity index (χ3v) is 3.82. The molecule has 3 aromatic rings. The number of carbonyl (C=O) groups excluding carboxylic acids is 1. The van der Waals surface area contributed by atoms with Gasteiger partial charge in [-0.15, -0.1) is 0 Å². The number of nitrogens with one attached hydrogen (secondary N) is 1. The Balaban J connectivity index is 1.88. The molecule has 1 heterocycles. The van der Waals surface area contributed by atoms with Crippen LogP contribution >= 0.6 is 0 Å². The van der Waals surface area contributed by atoms with Crippen molar-refractivity contribution in [2.45, 2.75) is 13.0 Å². The minimum Gasteiger partial charge on any atom is -0.497 e. The molecule has 0 bridgehead atoms. The minimum atomic E-state index is -0.694. The molecular formula is C18H17N3O3. The zero-order valence-corrected chi connectivity index (χ0v) is 13.4. The lowest BCUT2D eigenvalue weighted by Gasteiger charge is -2.15. The molecule has 0 aliphatic rings. The summed E-state index contributed by atoms with van der Waals surface area (Å²) in [7, 11) is 1.56. The van der Waals surface area contributed by atoms with E-state index < -0.39 is 6.04 Å². The first kappa shape index (κ1) is 15.7. The minimum absolute atomic E-state index is 0.242. The lowest BCUT2D eigenvalue weighted by atomic mass is 10.2. The van der Waals surface area contributed by atoms with Crippen LogP contribution in [0.2, 0.25) is 0 Å². The summed E-state index contributed by atoms with van der Waals surface area (Å²) in [5, 5.41) is 3.27. The molecule has 1 N–H and O–H groups in total. The highest BCUT2D eigenvalue weighted by Gasteiger charge is 2.17. The number of methoxy groups -OCH3 is 1. The molecule has 0 fully saturated rings. The Morgan fingerprint density at radius 3 is 2.79 bits per heavy atom. The summed E-state index contributed by atoms with van der Waals surface area (Å²) in [6.07, 6.45) is 1.40. The molecule has 1 amide bonds. The number of para-hydroxylation sites is 1. The van der Waals surface area contributed by atoms with E-state index in [0.29, 0.717) is 22.3 Å². The molecule has 24 heavy (non-hydrogen) atoms. The number of hydrogen-bond donors (Lipinski definition) is 1. The molecular weight excluding hydrogens is 306 g/mol. The van der Waals surface area contributed by atoms with Crippen LogP contribution in [0, 0.1) is 0 Å². The number of carbonyl (C=O) groups is 1. The fraction of sp³-hybridized carbons (Fsp3) is 0.167. The van der Waals surface area contributed by atoms with Gasteiger partial charge < -0.3 is 10.1 Å². The van der Waals surface area contributed by atoms with Gasteiger partial charge >= 0.3 is 0 Å². The normalized spacial score (nSPS) is 11.9. The van der Waals surface area contributed by atoms with Crippen molar-refractivity contribution < 1.29 is 9.53 Å². The molecule has 0 aliphatic carbocycles. The number of ether oxygens (including phenoxy) is 1. The first-order valence-electron chi connectivity index (χ1n) is 7.51. The molecule has 0 spiro atoms. The van der Waals surface area contributed by atoms with Crippen LogP contribution in [0.4, 0.5) is 5.69 Å². The second kappa shape index (κ2) is 6.54. The second-order valence-electron chi connectivity index (χ2n) is 5.37. The van der Waals surface area contributed by atoms with Crippen LogP contribution in [0.15, 0.2) is 59.7 Å². The lowest BCUT2D eigenvalue weighted by molar-refractivity contribution is -0.118. The van der Waals surface area contributed by atoms with Crippen molar-refractivity contribution >= 4 is 22.5 Å². The molecule has 6 heteroatoms. The van der Waals surface area contributed by atoms with Crippen LogP contribution in [0.5, 0.6) is 5.75 Å². The summed E-state index contributed by atoms with van der Waals surface area (Å²) in [4.78, 5) is 29.3. The van der Waals surface area contributed by atoms with Crippen molar-refractivity contribution in [2.75, 3.05) is 12.4 Å². The Hall–Kier alpha value is -3.15. The van der Waals surface area contributed by atoms with E-state index in [2.05, 4.69) is 10.3 Å².